The van der Waals surface area contributed by atoms with Crippen molar-refractivity contribution in [1.82, 2.24) is 4.90 Å². The number of alkyl halides is 1. The molecule has 1 heterocycles. The molecule has 1 fully saturated rings. The van der Waals surface area contributed by atoms with E-state index in [1.54, 1.807) is 4.90 Å². The second-order valence-corrected chi connectivity index (χ2v) is 7.55. The number of amides is 1. The monoisotopic (exact) mass is 373 g/mol. The van der Waals surface area contributed by atoms with Crippen molar-refractivity contribution in [3.05, 3.63) is 34.9 Å². The molecule has 2 rings (SSSR count). The molecule has 5 heteroatoms. The van der Waals surface area contributed by atoms with Gasteiger partial charge in [-0.25, -0.2) is 4.79 Å². The van der Waals surface area contributed by atoms with Gasteiger partial charge in [-0.15, -0.1) is 0 Å². The lowest BCUT2D eigenvalue weighted by molar-refractivity contribution is 0.0288. The number of halogens is 2. The largest absolute Gasteiger partial charge is 0.444 e. The molecule has 0 radical (unpaired) electrons. The summed E-state index contributed by atoms with van der Waals surface area (Å²) in [5, 5.41) is 1.58. The lowest BCUT2D eigenvalue weighted by Crippen LogP contribution is -2.35. The molecule has 0 spiro atoms. The Kier molecular flexibility index (Phi) is 5.20. The first kappa shape index (κ1) is 16.6. The highest BCUT2D eigenvalue weighted by Crippen LogP contribution is 2.35. The summed E-state index contributed by atoms with van der Waals surface area (Å²) in [4.78, 5) is 14.0. The highest BCUT2D eigenvalue weighted by Gasteiger charge is 2.37. The van der Waals surface area contributed by atoms with Gasteiger partial charge in [0.15, 0.2) is 0 Å². The highest BCUT2D eigenvalue weighted by atomic mass is 79.9. The van der Waals surface area contributed by atoms with Crippen LogP contribution in [0.15, 0.2) is 24.3 Å². The van der Waals surface area contributed by atoms with Crippen LogP contribution >= 0.6 is 27.5 Å². The molecule has 0 unspecified atom stereocenters. The smallest absolute Gasteiger partial charge is 0.410 e. The van der Waals surface area contributed by atoms with Crippen molar-refractivity contribution in [1.29, 1.82) is 0 Å². The summed E-state index contributed by atoms with van der Waals surface area (Å²) in [7, 11) is 0. The molecule has 3 nitrogen and oxygen atoms in total. The van der Waals surface area contributed by atoms with Crippen molar-refractivity contribution in [2.45, 2.75) is 32.3 Å². The van der Waals surface area contributed by atoms with Gasteiger partial charge in [0.2, 0.25) is 0 Å². The number of rotatable bonds is 2. The van der Waals surface area contributed by atoms with Gasteiger partial charge in [0.05, 0.1) is 0 Å². The predicted molar refractivity (Wildman–Crippen MR) is 89.3 cm³/mol. The van der Waals surface area contributed by atoms with Gasteiger partial charge >= 0.3 is 6.09 Å². The normalized spacial score (nSPS) is 22.4. The van der Waals surface area contributed by atoms with Crippen molar-refractivity contribution < 1.29 is 9.53 Å². The Labute approximate surface area is 139 Å². The molecule has 21 heavy (non-hydrogen) atoms. The summed E-state index contributed by atoms with van der Waals surface area (Å²) < 4.78 is 5.47. The fourth-order valence-electron chi connectivity index (χ4n) is 2.62. The average molecular weight is 375 g/mol. The number of nitrogens with zero attached hydrogens (tertiary/aromatic N) is 1. The maximum absolute atomic E-state index is 12.2. The van der Waals surface area contributed by atoms with Crippen LogP contribution in [0, 0.1) is 5.92 Å². The summed E-state index contributed by atoms with van der Waals surface area (Å²) in [5.41, 5.74) is 0.716. The van der Waals surface area contributed by atoms with Crippen LogP contribution in [0.3, 0.4) is 0 Å². The standard InChI is InChI=1S/C16H21BrClNO2/c1-16(2,3)21-15(20)19-9-12(8-17)14(10-19)11-5-4-6-13(18)7-11/h4-7,12,14H,8-10H2,1-3H3/t12-,14+/m0/s1. The van der Waals surface area contributed by atoms with E-state index in [9.17, 15) is 4.79 Å². The van der Waals surface area contributed by atoms with Crippen molar-refractivity contribution in [3.63, 3.8) is 0 Å². The van der Waals surface area contributed by atoms with Gasteiger partial charge in [0.1, 0.15) is 5.60 Å². The van der Waals surface area contributed by atoms with Gasteiger partial charge in [-0.3, -0.25) is 0 Å². The molecule has 0 aliphatic carbocycles. The minimum atomic E-state index is -0.463. The Hall–Kier alpha value is -0.740. The predicted octanol–water partition coefficient (Wildman–Crippen LogP) is 4.69. The van der Waals surface area contributed by atoms with Crippen molar-refractivity contribution in [2.75, 3.05) is 18.4 Å². The molecule has 1 aliphatic rings. The van der Waals surface area contributed by atoms with E-state index < -0.39 is 5.60 Å². The fourth-order valence-corrected chi connectivity index (χ4v) is 3.47. The first-order chi connectivity index (χ1) is 9.80. The van der Waals surface area contributed by atoms with Crippen LogP contribution in [0.2, 0.25) is 5.02 Å². The van der Waals surface area contributed by atoms with E-state index >= 15 is 0 Å². The molecular weight excluding hydrogens is 354 g/mol. The van der Waals surface area contributed by atoms with Gasteiger partial charge in [0.25, 0.3) is 0 Å². The minimum absolute atomic E-state index is 0.238. The maximum Gasteiger partial charge on any atom is 0.410 e. The van der Waals surface area contributed by atoms with Crippen LogP contribution in [0.4, 0.5) is 4.79 Å². The molecule has 1 aliphatic heterocycles. The Morgan fingerprint density at radius 1 is 1.43 bits per heavy atom. The second-order valence-electron chi connectivity index (χ2n) is 6.46. The summed E-state index contributed by atoms with van der Waals surface area (Å²) >= 11 is 9.64. The number of hydrogen-bond donors (Lipinski definition) is 0. The SMILES string of the molecule is CC(C)(C)OC(=O)N1C[C@H](CBr)[C@@H](c2cccc(Cl)c2)C1. The van der Waals surface area contributed by atoms with Gasteiger partial charge in [0, 0.05) is 29.4 Å². The molecule has 0 bridgehead atoms. The molecule has 0 aromatic heterocycles. The van der Waals surface area contributed by atoms with Crippen LogP contribution in [0.5, 0.6) is 0 Å². The number of carbonyl (C=O) groups excluding carboxylic acids is 1. The second kappa shape index (κ2) is 6.57. The number of hydrogen-bond acceptors (Lipinski definition) is 2. The molecular formula is C16H21BrClNO2. The average Bonchev–Trinajstić information content (AvgIpc) is 2.81. The van der Waals surface area contributed by atoms with Gasteiger partial charge in [-0.2, -0.15) is 0 Å². The van der Waals surface area contributed by atoms with E-state index in [-0.39, 0.29) is 12.0 Å². The van der Waals surface area contributed by atoms with Crippen LogP contribution in [-0.2, 0) is 4.74 Å². The number of likely N-dealkylation sites (tertiary alicyclic amines) is 1. The zero-order valence-corrected chi connectivity index (χ0v) is 14.9. The van der Waals surface area contributed by atoms with E-state index in [1.807, 2.05) is 39.0 Å². The summed E-state index contributed by atoms with van der Waals surface area (Å²) in [5.74, 6) is 0.659. The first-order valence-electron chi connectivity index (χ1n) is 7.09. The molecule has 1 amide bonds. The number of carbonyl (C=O) groups is 1. The zero-order valence-electron chi connectivity index (χ0n) is 12.6. The quantitative estimate of drug-likeness (QED) is 0.703. The molecule has 1 aromatic rings. The highest BCUT2D eigenvalue weighted by molar-refractivity contribution is 9.09. The van der Waals surface area contributed by atoms with Crippen LogP contribution in [-0.4, -0.2) is 35.0 Å². The lowest BCUT2D eigenvalue weighted by atomic mass is 9.90. The number of ether oxygens (including phenoxy) is 1. The van der Waals surface area contributed by atoms with E-state index in [1.165, 1.54) is 5.56 Å². The Balaban J connectivity index is 2.12. The third-order valence-corrected chi connectivity index (χ3v) is 4.63. The van der Waals surface area contributed by atoms with Crippen molar-refractivity contribution >= 4 is 33.6 Å². The Morgan fingerprint density at radius 2 is 2.14 bits per heavy atom. The van der Waals surface area contributed by atoms with E-state index in [4.69, 9.17) is 16.3 Å². The third-order valence-electron chi connectivity index (χ3n) is 3.57. The number of benzene rings is 1. The van der Waals surface area contributed by atoms with Gasteiger partial charge < -0.3 is 9.64 Å². The first-order valence-corrected chi connectivity index (χ1v) is 8.59. The summed E-state index contributed by atoms with van der Waals surface area (Å²) in [6, 6.07) is 7.89. The van der Waals surface area contributed by atoms with Gasteiger partial charge in [-0.1, -0.05) is 39.7 Å². The van der Waals surface area contributed by atoms with Crippen molar-refractivity contribution in [3.8, 4) is 0 Å². The van der Waals surface area contributed by atoms with E-state index in [2.05, 4.69) is 22.0 Å². The lowest BCUT2D eigenvalue weighted by Gasteiger charge is -2.24. The van der Waals surface area contributed by atoms with Crippen LogP contribution in [0.25, 0.3) is 0 Å². The van der Waals surface area contributed by atoms with Crippen LogP contribution in [0.1, 0.15) is 32.3 Å². The van der Waals surface area contributed by atoms with E-state index in [0.29, 0.717) is 19.0 Å². The molecule has 0 saturated carbocycles. The van der Waals surface area contributed by atoms with Gasteiger partial charge in [-0.05, 0) is 44.4 Å². The molecule has 2 atom stereocenters. The summed E-state index contributed by atoms with van der Waals surface area (Å²) in [6.45, 7) is 7.04. The topological polar surface area (TPSA) is 29.5 Å². The Bertz CT molecular complexity index is 515. The molecule has 0 N–H and O–H groups in total. The van der Waals surface area contributed by atoms with Crippen LogP contribution < -0.4 is 0 Å². The minimum Gasteiger partial charge on any atom is -0.444 e. The fraction of sp³-hybridized carbons (Fsp3) is 0.562. The Morgan fingerprint density at radius 3 is 2.71 bits per heavy atom. The third kappa shape index (κ3) is 4.36. The summed E-state index contributed by atoms with van der Waals surface area (Å²) in [6.07, 6.45) is -0.238. The molecule has 1 saturated heterocycles. The maximum atomic E-state index is 12.2. The molecule has 1 aromatic carbocycles. The van der Waals surface area contributed by atoms with E-state index in [0.717, 1.165) is 10.4 Å². The van der Waals surface area contributed by atoms with Crippen molar-refractivity contribution in [2.24, 2.45) is 5.92 Å². The molecule has 116 valence electrons. The zero-order chi connectivity index (χ0) is 15.6.